The van der Waals surface area contributed by atoms with Crippen molar-refractivity contribution < 1.29 is 19.1 Å². The molecule has 6 rings (SSSR count). The molecule has 1 aliphatic carbocycles. The van der Waals surface area contributed by atoms with Crippen LogP contribution in [0.15, 0.2) is 42.5 Å². The number of anilines is 1. The van der Waals surface area contributed by atoms with Crippen molar-refractivity contribution in [3.8, 4) is 11.5 Å². The summed E-state index contributed by atoms with van der Waals surface area (Å²) in [6.07, 6.45) is 5.52. The number of hydrogen-bond acceptors (Lipinski definition) is 5. The fraction of sp³-hybridized carbons (Fsp3) is 0.320. The molecular weight excluding hydrogens is 406 g/mol. The van der Waals surface area contributed by atoms with E-state index in [9.17, 15) is 9.59 Å². The van der Waals surface area contributed by atoms with E-state index in [1.165, 1.54) is 6.42 Å². The molecule has 0 atom stereocenters. The summed E-state index contributed by atoms with van der Waals surface area (Å²) in [6.45, 7) is 0.606. The lowest BCUT2D eigenvalue weighted by Crippen LogP contribution is -2.37. The normalized spacial score (nSPS) is 17.6. The van der Waals surface area contributed by atoms with Crippen molar-refractivity contribution in [2.75, 3.05) is 12.1 Å². The number of aromatic nitrogens is 1. The van der Waals surface area contributed by atoms with Gasteiger partial charge in [0.05, 0.1) is 11.1 Å². The van der Waals surface area contributed by atoms with Crippen LogP contribution in [0.25, 0.3) is 10.9 Å². The number of rotatable bonds is 3. The SMILES string of the molecule is O=C(Nc1ccc2c(c1)OCO2)c1c2c(nc3ccccc13)C(=O)N(C1CCCCC1)C2. The van der Waals surface area contributed by atoms with Crippen LogP contribution in [0.5, 0.6) is 11.5 Å². The van der Waals surface area contributed by atoms with Crippen LogP contribution >= 0.6 is 0 Å². The number of carbonyl (C=O) groups excluding carboxylic acids is 2. The number of benzene rings is 2. The third kappa shape index (κ3) is 3.07. The topological polar surface area (TPSA) is 80.8 Å². The van der Waals surface area contributed by atoms with Gasteiger partial charge < -0.3 is 19.7 Å². The Kier molecular flexibility index (Phi) is 4.48. The van der Waals surface area contributed by atoms with E-state index in [1.54, 1.807) is 18.2 Å². The Morgan fingerprint density at radius 1 is 1.03 bits per heavy atom. The molecule has 2 aliphatic heterocycles. The third-order valence-electron chi connectivity index (χ3n) is 6.66. The molecule has 2 aromatic carbocycles. The van der Waals surface area contributed by atoms with Gasteiger partial charge in [0, 0.05) is 35.3 Å². The highest BCUT2D eigenvalue weighted by Gasteiger charge is 2.38. The number of ether oxygens (including phenoxy) is 2. The predicted octanol–water partition coefficient (Wildman–Crippen LogP) is 4.50. The van der Waals surface area contributed by atoms with Crippen LogP contribution in [-0.2, 0) is 6.54 Å². The van der Waals surface area contributed by atoms with E-state index in [-0.39, 0.29) is 24.6 Å². The lowest BCUT2D eigenvalue weighted by atomic mass is 9.94. The Morgan fingerprint density at radius 2 is 1.84 bits per heavy atom. The van der Waals surface area contributed by atoms with Crippen molar-refractivity contribution in [1.82, 2.24) is 9.88 Å². The van der Waals surface area contributed by atoms with Gasteiger partial charge >= 0.3 is 0 Å². The van der Waals surface area contributed by atoms with Gasteiger partial charge in [-0.25, -0.2) is 4.98 Å². The summed E-state index contributed by atoms with van der Waals surface area (Å²) in [5.74, 6) is 0.949. The molecule has 1 saturated carbocycles. The minimum absolute atomic E-state index is 0.0604. The molecule has 0 radical (unpaired) electrons. The smallest absolute Gasteiger partial charge is 0.273 e. The van der Waals surface area contributed by atoms with E-state index >= 15 is 0 Å². The monoisotopic (exact) mass is 429 g/mol. The highest BCUT2D eigenvalue weighted by atomic mass is 16.7. The van der Waals surface area contributed by atoms with E-state index in [0.29, 0.717) is 40.5 Å². The first-order valence-electron chi connectivity index (χ1n) is 11.1. The van der Waals surface area contributed by atoms with Crippen LogP contribution in [0.2, 0.25) is 0 Å². The third-order valence-corrected chi connectivity index (χ3v) is 6.66. The van der Waals surface area contributed by atoms with Gasteiger partial charge in [0.1, 0.15) is 5.69 Å². The van der Waals surface area contributed by atoms with Crippen LogP contribution in [0, 0.1) is 0 Å². The van der Waals surface area contributed by atoms with E-state index in [4.69, 9.17) is 9.47 Å². The Hall–Kier alpha value is -3.61. The number of nitrogens with zero attached hydrogens (tertiary/aromatic N) is 2. The van der Waals surface area contributed by atoms with Crippen LogP contribution in [0.3, 0.4) is 0 Å². The molecule has 3 heterocycles. The van der Waals surface area contributed by atoms with Crippen LogP contribution < -0.4 is 14.8 Å². The van der Waals surface area contributed by atoms with Gasteiger partial charge in [-0.15, -0.1) is 0 Å². The Balaban J connectivity index is 1.40. The van der Waals surface area contributed by atoms with Crippen molar-refractivity contribution in [3.63, 3.8) is 0 Å². The predicted molar refractivity (Wildman–Crippen MR) is 119 cm³/mol. The second-order valence-corrected chi connectivity index (χ2v) is 8.58. The van der Waals surface area contributed by atoms with Crippen LogP contribution in [0.1, 0.15) is 58.5 Å². The molecule has 1 fully saturated rings. The summed E-state index contributed by atoms with van der Waals surface area (Å²) in [5.41, 5.74) is 2.92. The number of para-hydroxylation sites is 1. The zero-order valence-corrected chi connectivity index (χ0v) is 17.6. The van der Waals surface area contributed by atoms with E-state index in [2.05, 4.69) is 10.3 Å². The quantitative estimate of drug-likeness (QED) is 0.663. The number of fused-ring (bicyclic) bond motifs is 3. The number of carbonyl (C=O) groups is 2. The first kappa shape index (κ1) is 19.1. The maximum absolute atomic E-state index is 13.5. The number of amides is 2. The molecule has 3 aliphatic rings. The highest BCUT2D eigenvalue weighted by Crippen LogP contribution is 2.37. The van der Waals surface area contributed by atoms with Gasteiger partial charge in [-0.3, -0.25) is 9.59 Å². The van der Waals surface area contributed by atoms with Gasteiger partial charge in [0.15, 0.2) is 11.5 Å². The molecule has 0 saturated heterocycles. The lowest BCUT2D eigenvalue weighted by Gasteiger charge is -2.30. The fourth-order valence-corrected chi connectivity index (χ4v) is 5.08. The average Bonchev–Trinajstić information content (AvgIpc) is 3.42. The molecule has 162 valence electrons. The van der Waals surface area contributed by atoms with Crippen molar-refractivity contribution in [3.05, 3.63) is 59.3 Å². The zero-order valence-electron chi connectivity index (χ0n) is 17.6. The summed E-state index contributed by atoms with van der Waals surface area (Å²) in [6, 6.07) is 13.1. The van der Waals surface area contributed by atoms with Gasteiger partial charge in [-0.1, -0.05) is 37.5 Å². The van der Waals surface area contributed by atoms with E-state index in [0.717, 1.165) is 36.6 Å². The fourth-order valence-electron chi connectivity index (χ4n) is 5.08. The summed E-state index contributed by atoms with van der Waals surface area (Å²) in [4.78, 5) is 33.4. The van der Waals surface area contributed by atoms with E-state index < -0.39 is 0 Å². The molecule has 0 unspecified atom stereocenters. The molecule has 7 nitrogen and oxygen atoms in total. The van der Waals surface area contributed by atoms with Gasteiger partial charge in [-0.05, 0) is 31.0 Å². The first-order chi connectivity index (χ1) is 15.7. The summed E-state index contributed by atoms with van der Waals surface area (Å²) in [7, 11) is 0. The average molecular weight is 429 g/mol. The molecule has 0 bridgehead atoms. The maximum Gasteiger partial charge on any atom is 0.273 e. The number of pyridine rings is 1. The van der Waals surface area contributed by atoms with E-state index in [1.807, 2.05) is 29.2 Å². The number of nitrogens with one attached hydrogen (secondary N) is 1. The van der Waals surface area contributed by atoms with Gasteiger partial charge in [0.25, 0.3) is 11.8 Å². The Bertz CT molecular complexity index is 1250. The zero-order chi connectivity index (χ0) is 21.7. The molecule has 2 amide bonds. The van der Waals surface area contributed by atoms with Crippen LogP contribution in [0.4, 0.5) is 5.69 Å². The molecule has 3 aromatic rings. The maximum atomic E-state index is 13.5. The van der Waals surface area contributed by atoms with Gasteiger partial charge in [-0.2, -0.15) is 0 Å². The van der Waals surface area contributed by atoms with Crippen molar-refractivity contribution in [2.24, 2.45) is 0 Å². The van der Waals surface area contributed by atoms with Crippen molar-refractivity contribution in [1.29, 1.82) is 0 Å². The molecule has 1 aromatic heterocycles. The molecule has 32 heavy (non-hydrogen) atoms. The molecule has 1 N–H and O–H groups in total. The second kappa shape index (κ2) is 7.51. The summed E-state index contributed by atoms with van der Waals surface area (Å²) >= 11 is 0. The molecule has 7 heteroatoms. The largest absolute Gasteiger partial charge is 0.454 e. The summed E-state index contributed by atoms with van der Waals surface area (Å²) < 4.78 is 10.8. The molecular formula is C25H23N3O4. The van der Waals surface area contributed by atoms with Gasteiger partial charge in [0.2, 0.25) is 6.79 Å². The van der Waals surface area contributed by atoms with Crippen molar-refractivity contribution in [2.45, 2.75) is 44.7 Å². The minimum atomic E-state index is -0.253. The highest BCUT2D eigenvalue weighted by molar-refractivity contribution is 6.16. The first-order valence-corrected chi connectivity index (χ1v) is 11.1. The minimum Gasteiger partial charge on any atom is -0.454 e. The molecule has 0 spiro atoms. The second-order valence-electron chi connectivity index (χ2n) is 8.58. The Morgan fingerprint density at radius 3 is 2.72 bits per heavy atom. The Labute approximate surface area is 185 Å². The van der Waals surface area contributed by atoms with Crippen LogP contribution in [-0.4, -0.2) is 34.5 Å². The number of hydrogen-bond donors (Lipinski definition) is 1. The standard InChI is InChI=1S/C25H23N3O4/c29-24(26-15-10-11-20-21(12-15)32-14-31-20)22-17-8-4-5-9-19(17)27-23-18(22)13-28(25(23)30)16-6-2-1-3-7-16/h4-5,8-12,16H,1-3,6-7,13-14H2,(H,26,29). The van der Waals surface area contributed by atoms with Crippen molar-refractivity contribution >= 4 is 28.4 Å². The summed E-state index contributed by atoms with van der Waals surface area (Å²) in [5, 5.41) is 3.74. The lowest BCUT2D eigenvalue weighted by molar-refractivity contribution is 0.0655.